The van der Waals surface area contributed by atoms with E-state index < -0.39 is 0 Å². The highest BCUT2D eigenvalue weighted by molar-refractivity contribution is 5.92. The Labute approximate surface area is 105 Å². The molecule has 1 rings (SSSR count). The Bertz CT molecular complexity index is 305. The van der Waals surface area contributed by atoms with Crippen LogP contribution in [0.3, 0.4) is 0 Å². The minimum Gasteiger partial charge on any atom is -0.486 e. The zero-order chi connectivity index (χ0) is 13.2. The monoisotopic (exact) mass is 239 g/mol. The SMILES string of the molecule is CC(C)/C=C1\OCC(C(C)C)N(C(C)C)C1=O. The third-order valence-corrected chi connectivity index (χ3v) is 3.02. The van der Waals surface area contributed by atoms with Crippen molar-refractivity contribution < 1.29 is 9.53 Å². The molecule has 0 radical (unpaired) electrons. The summed E-state index contributed by atoms with van der Waals surface area (Å²) in [5.74, 6) is 1.31. The molecule has 3 heteroatoms. The minimum absolute atomic E-state index is 0.0404. The van der Waals surface area contributed by atoms with Gasteiger partial charge in [-0.2, -0.15) is 0 Å². The first kappa shape index (κ1) is 14.1. The van der Waals surface area contributed by atoms with E-state index in [1.165, 1.54) is 0 Å². The zero-order valence-corrected chi connectivity index (χ0v) is 11.9. The van der Waals surface area contributed by atoms with Gasteiger partial charge in [0.2, 0.25) is 0 Å². The molecule has 0 N–H and O–H groups in total. The summed E-state index contributed by atoms with van der Waals surface area (Å²) in [6.07, 6.45) is 1.91. The number of hydrogen-bond acceptors (Lipinski definition) is 2. The predicted molar refractivity (Wildman–Crippen MR) is 69.5 cm³/mol. The first-order valence-corrected chi connectivity index (χ1v) is 6.51. The summed E-state index contributed by atoms with van der Waals surface area (Å²) >= 11 is 0. The van der Waals surface area contributed by atoms with Gasteiger partial charge in [0, 0.05) is 6.04 Å². The van der Waals surface area contributed by atoms with Crippen LogP contribution in [-0.2, 0) is 9.53 Å². The average Bonchev–Trinajstić information content (AvgIpc) is 2.19. The van der Waals surface area contributed by atoms with Gasteiger partial charge < -0.3 is 9.64 Å². The lowest BCUT2D eigenvalue weighted by molar-refractivity contribution is -0.144. The number of ether oxygens (including phenoxy) is 1. The molecule has 1 fully saturated rings. The molecule has 98 valence electrons. The minimum atomic E-state index is 0.0404. The first-order chi connectivity index (χ1) is 7.84. The molecule has 0 aromatic carbocycles. The number of amides is 1. The number of allylic oxidation sites excluding steroid dienone is 1. The van der Waals surface area contributed by atoms with E-state index in [2.05, 4.69) is 41.5 Å². The quantitative estimate of drug-likeness (QED) is 0.709. The van der Waals surface area contributed by atoms with Crippen molar-refractivity contribution >= 4 is 5.91 Å². The summed E-state index contributed by atoms with van der Waals surface area (Å²) < 4.78 is 5.63. The molecule has 1 heterocycles. The standard InChI is InChI=1S/C14H25NO2/c1-9(2)7-13-14(16)15(11(5)6)12(8-17-13)10(3)4/h7,9-12H,8H2,1-6H3/b13-7-. The van der Waals surface area contributed by atoms with Crippen molar-refractivity contribution in [1.82, 2.24) is 4.90 Å². The molecule has 3 nitrogen and oxygen atoms in total. The molecule has 0 aromatic rings. The number of carbonyl (C=O) groups excluding carboxylic acids is 1. The molecule has 0 aromatic heterocycles. The molecule has 1 aliphatic heterocycles. The molecule has 1 unspecified atom stereocenters. The van der Waals surface area contributed by atoms with E-state index in [1.54, 1.807) is 0 Å². The molecule has 0 saturated carbocycles. The maximum atomic E-state index is 12.3. The summed E-state index contributed by atoms with van der Waals surface area (Å²) in [5.41, 5.74) is 0. The average molecular weight is 239 g/mol. The molecule has 1 aliphatic rings. The number of nitrogens with zero attached hydrogens (tertiary/aromatic N) is 1. The molecule has 1 amide bonds. The molecular formula is C14H25NO2. The highest BCUT2D eigenvalue weighted by atomic mass is 16.5. The molecule has 1 saturated heterocycles. The van der Waals surface area contributed by atoms with E-state index in [1.807, 2.05) is 11.0 Å². The van der Waals surface area contributed by atoms with E-state index in [-0.39, 0.29) is 18.0 Å². The molecule has 0 spiro atoms. The van der Waals surface area contributed by atoms with Crippen LogP contribution < -0.4 is 0 Å². The predicted octanol–water partition coefficient (Wildman–Crippen LogP) is 2.82. The van der Waals surface area contributed by atoms with Gasteiger partial charge in [-0.05, 0) is 31.8 Å². The van der Waals surface area contributed by atoms with Crippen LogP contribution in [0.1, 0.15) is 41.5 Å². The van der Waals surface area contributed by atoms with E-state index in [9.17, 15) is 4.79 Å². The van der Waals surface area contributed by atoms with Gasteiger partial charge in [0.25, 0.3) is 5.91 Å². The maximum absolute atomic E-state index is 12.3. The zero-order valence-electron chi connectivity index (χ0n) is 11.9. The van der Waals surface area contributed by atoms with Gasteiger partial charge in [-0.15, -0.1) is 0 Å². The fraction of sp³-hybridized carbons (Fsp3) is 0.786. The van der Waals surface area contributed by atoms with Gasteiger partial charge in [0.05, 0.1) is 6.04 Å². The topological polar surface area (TPSA) is 29.5 Å². The second kappa shape index (κ2) is 5.56. The fourth-order valence-corrected chi connectivity index (χ4v) is 2.15. The van der Waals surface area contributed by atoms with Crippen LogP contribution in [0.25, 0.3) is 0 Å². The molecule has 17 heavy (non-hydrogen) atoms. The summed E-state index contributed by atoms with van der Waals surface area (Å²) in [7, 11) is 0. The van der Waals surface area contributed by atoms with Crippen LogP contribution in [0.4, 0.5) is 0 Å². The lowest BCUT2D eigenvalue weighted by Gasteiger charge is -2.41. The Kier molecular flexibility index (Phi) is 4.61. The maximum Gasteiger partial charge on any atom is 0.289 e. The summed E-state index contributed by atoms with van der Waals surface area (Å²) in [4.78, 5) is 14.3. The Morgan fingerprint density at radius 3 is 2.24 bits per heavy atom. The summed E-state index contributed by atoms with van der Waals surface area (Å²) in [5, 5.41) is 0. The third kappa shape index (κ3) is 3.24. The van der Waals surface area contributed by atoms with Crippen molar-refractivity contribution in [3.05, 3.63) is 11.8 Å². The van der Waals surface area contributed by atoms with Crippen molar-refractivity contribution in [1.29, 1.82) is 0 Å². The van der Waals surface area contributed by atoms with Crippen LogP contribution in [0.15, 0.2) is 11.8 Å². The largest absolute Gasteiger partial charge is 0.486 e. The van der Waals surface area contributed by atoms with Crippen molar-refractivity contribution in [2.75, 3.05) is 6.61 Å². The Balaban J connectivity index is 2.95. The lowest BCUT2D eigenvalue weighted by atomic mass is 9.99. The fourth-order valence-electron chi connectivity index (χ4n) is 2.15. The van der Waals surface area contributed by atoms with E-state index >= 15 is 0 Å². The smallest absolute Gasteiger partial charge is 0.289 e. The number of hydrogen-bond donors (Lipinski definition) is 0. The lowest BCUT2D eigenvalue weighted by Crippen LogP contribution is -2.53. The van der Waals surface area contributed by atoms with Gasteiger partial charge in [0.1, 0.15) is 6.61 Å². The van der Waals surface area contributed by atoms with Gasteiger partial charge in [0.15, 0.2) is 5.76 Å². The Morgan fingerprint density at radius 1 is 1.24 bits per heavy atom. The Hall–Kier alpha value is -0.990. The van der Waals surface area contributed by atoms with Gasteiger partial charge in [-0.3, -0.25) is 4.79 Å². The Morgan fingerprint density at radius 2 is 1.82 bits per heavy atom. The number of carbonyl (C=O) groups is 1. The van der Waals surface area contributed by atoms with Crippen molar-refractivity contribution in [2.45, 2.75) is 53.6 Å². The van der Waals surface area contributed by atoms with E-state index in [0.29, 0.717) is 24.2 Å². The number of rotatable bonds is 3. The molecule has 0 bridgehead atoms. The van der Waals surface area contributed by atoms with E-state index in [4.69, 9.17) is 4.74 Å². The van der Waals surface area contributed by atoms with Crippen LogP contribution in [0.2, 0.25) is 0 Å². The van der Waals surface area contributed by atoms with Crippen molar-refractivity contribution in [3.8, 4) is 0 Å². The second-order valence-electron chi connectivity index (χ2n) is 5.70. The van der Waals surface area contributed by atoms with Gasteiger partial charge in [-0.25, -0.2) is 0 Å². The van der Waals surface area contributed by atoms with Crippen molar-refractivity contribution in [3.63, 3.8) is 0 Å². The van der Waals surface area contributed by atoms with Crippen LogP contribution >= 0.6 is 0 Å². The number of morpholine rings is 1. The molecule has 1 atom stereocenters. The first-order valence-electron chi connectivity index (χ1n) is 6.51. The second-order valence-corrected chi connectivity index (χ2v) is 5.70. The molecular weight excluding hydrogens is 214 g/mol. The van der Waals surface area contributed by atoms with E-state index in [0.717, 1.165) is 0 Å². The van der Waals surface area contributed by atoms with Crippen LogP contribution in [0.5, 0.6) is 0 Å². The van der Waals surface area contributed by atoms with Gasteiger partial charge >= 0.3 is 0 Å². The van der Waals surface area contributed by atoms with Crippen molar-refractivity contribution in [2.24, 2.45) is 11.8 Å². The highest BCUT2D eigenvalue weighted by Gasteiger charge is 2.36. The van der Waals surface area contributed by atoms with Gasteiger partial charge in [-0.1, -0.05) is 27.7 Å². The van der Waals surface area contributed by atoms with Crippen LogP contribution in [-0.4, -0.2) is 29.5 Å². The summed E-state index contributed by atoms with van der Waals surface area (Å²) in [6, 6.07) is 0.404. The summed E-state index contributed by atoms with van der Waals surface area (Å²) in [6.45, 7) is 13.1. The normalized spacial score (nSPS) is 24.1. The molecule has 0 aliphatic carbocycles. The van der Waals surface area contributed by atoms with Crippen LogP contribution in [0, 0.1) is 11.8 Å². The highest BCUT2D eigenvalue weighted by Crippen LogP contribution is 2.24. The third-order valence-electron chi connectivity index (χ3n) is 3.02.